The van der Waals surface area contributed by atoms with E-state index in [0.29, 0.717) is 19.5 Å². The second-order valence-electron chi connectivity index (χ2n) is 7.17. The van der Waals surface area contributed by atoms with Crippen molar-refractivity contribution in [3.05, 3.63) is 0 Å². The van der Waals surface area contributed by atoms with Crippen molar-refractivity contribution in [2.75, 3.05) is 13.1 Å². The third kappa shape index (κ3) is 4.54. The van der Waals surface area contributed by atoms with Crippen LogP contribution < -0.4 is 0 Å². The Kier molecular flexibility index (Phi) is 3.50. The first-order valence-electron chi connectivity index (χ1n) is 6.11. The molecule has 0 saturated carbocycles. The third-order valence-corrected chi connectivity index (χ3v) is 2.66. The average molecular weight is 243 g/mol. The average Bonchev–Trinajstić information content (AvgIpc) is 1.93. The molecule has 0 spiro atoms. The van der Waals surface area contributed by atoms with E-state index in [9.17, 15) is 9.90 Å². The zero-order chi connectivity index (χ0) is 13.5. The fourth-order valence-electron chi connectivity index (χ4n) is 2.58. The molecule has 1 heterocycles. The van der Waals surface area contributed by atoms with E-state index in [0.717, 1.165) is 0 Å². The molecule has 1 N–H and O–H groups in total. The van der Waals surface area contributed by atoms with Crippen LogP contribution in [0, 0.1) is 5.41 Å². The maximum absolute atomic E-state index is 12.0. The number of β-amino-alcohol motifs (C(OH)–C–C–N with tert-alkyl or cyclic N) is 1. The van der Waals surface area contributed by atoms with E-state index in [1.165, 1.54) is 0 Å². The monoisotopic (exact) mass is 243 g/mol. The van der Waals surface area contributed by atoms with Crippen molar-refractivity contribution in [3.63, 3.8) is 0 Å². The fourth-order valence-corrected chi connectivity index (χ4v) is 2.58. The molecule has 17 heavy (non-hydrogen) atoms. The van der Waals surface area contributed by atoms with Gasteiger partial charge in [-0.1, -0.05) is 13.8 Å². The summed E-state index contributed by atoms with van der Waals surface area (Å²) in [7, 11) is 0. The Labute approximate surface area is 104 Å². The largest absolute Gasteiger partial charge is 0.444 e. The van der Waals surface area contributed by atoms with Gasteiger partial charge in [-0.25, -0.2) is 4.79 Å². The fraction of sp³-hybridized carbons (Fsp3) is 0.923. The molecular weight excluding hydrogens is 218 g/mol. The third-order valence-electron chi connectivity index (χ3n) is 2.66. The molecule has 4 heteroatoms. The summed E-state index contributed by atoms with van der Waals surface area (Å²) in [6.45, 7) is 12.4. The molecule has 0 aromatic carbocycles. The van der Waals surface area contributed by atoms with Gasteiger partial charge in [0.2, 0.25) is 0 Å². The summed E-state index contributed by atoms with van der Waals surface area (Å²) >= 11 is 0. The van der Waals surface area contributed by atoms with Gasteiger partial charge in [0.15, 0.2) is 0 Å². The number of carbonyl (C=O) groups is 1. The minimum Gasteiger partial charge on any atom is -0.444 e. The summed E-state index contributed by atoms with van der Waals surface area (Å²) in [5.41, 5.74) is -1.41. The number of piperidine rings is 1. The lowest BCUT2D eigenvalue weighted by Gasteiger charge is -2.45. The lowest BCUT2D eigenvalue weighted by molar-refractivity contribution is -0.0698. The van der Waals surface area contributed by atoms with Gasteiger partial charge in [0.25, 0.3) is 0 Å². The van der Waals surface area contributed by atoms with Crippen molar-refractivity contribution in [2.45, 2.75) is 59.2 Å². The summed E-state index contributed by atoms with van der Waals surface area (Å²) < 4.78 is 5.34. The number of amides is 1. The highest BCUT2D eigenvalue weighted by Gasteiger charge is 2.41. The first kappa shape index (κ1) is 14.3. The van der Waals surface area contributed by atoms with Crippen LogP contribution >= 0.6 is 0 Å². The summed E-state index contributed by atoms with van der Waals surface area (Å²) in [6, 6.07) is 0. The number of aliphatic hydroxyl groups is 1. The van der Waals surface area contributed by atoms with Gasteiger partial charge < -0.3 is 14.7 Å². The molecule has 1 saturated heterocycles. The van der Waals surface area contributed by atoms with Crippen LogP contribution in [-0.2, 0) is 4.74 Å². The van der Waals surface area contributed by atoms with Crippen LogP contribution in [0.2, 0.25) is 0 Å². The molecule has 1 atom stereocenters. The number of likely N-dealkylation sites (tertiary alicyclic amines) is 1. The highest BCUT2D eigenvalue weighted by molar-refractivity contribution is 5.68. The molecular formula is C13H25NO3. The van der Waals surface area contributed by atoms with Crippen molar-refractivity contribution in [1.29, 1.82) is 0 Å². The number of ether oxygens (including phenoxy) is 1. The van der Waals surface area contributed by atoms with Crippen molar-refractivity contribution in [1.82, 2.24) is 4.90 Å². The Morgan fingerprint density at radius 2 is 1.76 bits per heavy atom. The Morgan fingerprint density at radius 1 is 1.24 bits per heavy atom. The molecule has 1 aliphatic heterocycles. The lowest BCUT2D eigenvalue weighted by Crippen LogP contribution is -2.55. The lowest BCUT2D eigenvalue weighted by atomic mass is 9.77. The zero-order valence-corrected chi connectivity index (χ0v) is 11.8. The highest BCUT2D eigenvalue weighted by atomic mass is 16.6. The molecule has 0 aliphatic carbocycles. The SMILES string of the molecule is CC1(C)CN(C(=O)OC(C)(C)C)CC(C)(O)C1. The molecule has 0 aromatic heterocycles. The number of rotatable bonds is 0. The minimum atomic E-state index is -0.835. The molecule has 1 fully saturated rings. The quantitative estimate of drug-likeness (QED) is 0.710. The molecule has 1 rings (SSSR count). The molecule has 0 aromatic rings. The van der Waals surface area contributed by atoms with Crippen molar-refractivity contribution >= 4 is 6.09 Å². The minimum absolute atomic E-state index is 0.0847. The molecule has 1 unspecified atom stereocenters. The number of carbonyl (C=O) groups excluding carboxylic acids is 1. The van der Waals surface area contributed by atoms with Crippen LogP contribution in [0.3, 0.4) is 0 Å². The predicted molar refractivity (Wildman–Crippen MR) is 66.8 cm³/mol. The summed E-state index contributed by atoms with van der Waals surface area (Å²) in [5.74, 6) is 0. The van der Waals surface area contributed by atoms with E-state index in [1.807, 2.05) is 20.8 Å². The van der Waals surface area contributed by atoms with Crippen LogP contribution in [0.5, 0.6) is 0 Å². The first-order chi connectivity index (χ1) is 7.40. The number of nitrogens with zero attached hydrogens (tertiary/aromatic N) is 1. The molecule has 1 aliphatic rings. The molecule has 0 bridgehead atoms. The van der Waals surface area contributed by atoms with Gasteiger partial charge in [0.1, 0.15) is 5.60 Å². The first-order valence-corrected chi connectivity index (χ1v) is 6.11. The van der Waals surface area contributed by atoms with Crippen LogP contribution in [0.25, 0.3) is 0 Å². The van der Waals surface area contributed by atoms with Crippen molar-refractivity contribution in [3.8, 4) is 0 Å². The molecule has 4 nitrogen and oxygen atoms in total. The predicted octanol–water partition coefficient (Wildman–Crippen LogP) is 2.40. The van der Waals surface area contributed by atoms with Crippen LogP contribution in [0.1, 0.15) is 48.0 Å². The topological polar surface area (TPSA) is 49.8 Å². The summed E-state index contributed by atoms with van der Waals surface area (Å²) in [4.78, 5) is 13.6. The van der Waals surface area contributed by atoms with Gasteiger partial charge in [-0.2, -0.15) is 0 Å². The van der Waals surface area contributed by atoms with Crippen LogP contribution in [0.4, 0.5) is 4.79 Å². The summed E-state index contributed by atoms with van der Waals surface area (Å²) in [6.07, 6.45) is 0.352. The normalized spacial score (nSPS) is 29.0. The van der Waals surface area contributed by atoms with Gasteiger partial charge in [0.05, 0.1) is 12.1 Å². The van der Waals surface area contributed by atoms with E-state index in [1.54, 1.807) is 11.8 Å². The molecule has 100 valence electrons. The van der Waals surface area contributed by atoms with Gasteiger partial charge >= 0.3 is 6.09 Å². The number of hydrogen-bond donors (Lipinski definition) is 1. The smallest absolute Gasteiger partial charge is 0.410 e. The number of hydrogen-bond acceptors (Lipinski definition) is 3. The summed E-state index contributed by atoms with van der Waals surface area (Å²) in [5, 5.41) is 10.2. The van der Waals surface area contributed by atoms with E-state index >= 15 is 0 Å². The van der Waals surface area contributed by atoms with E-state index < -0.39 is 11.2 Å². The highest BCUT2D eigenvalue weighted by Crippen LogP contribution is 2.35. The Bertz CT molecular complexity index is 286. The van der Waals surface area contributed by atoms with Crippen molar-refractivity contribution in [2.24, 2.45) is 5.41 Å². The van der Waals surface area contributed by atoms with E-state index in [-0.39, 0.29) is 11.5 Å². The van der Waals surface area contributed by atoms with Gasteiger partial charge in [-0.05, 0) is 39.5 Å². The standard InChI is InChI=1S/C13H25NO3/c1-11(2,3)17-10(15)14-8-12(4,5)7-13(6,16)9-14/h16H,7-9H2,1-6H3. The zero-order valence-electron chi connectivity index (χ0n) is 11.8. The van der Waals surface area contributed by atoms with Gasteiger partial charge in [0, 0.05) is 6.54 Å². The second-order valence-corrected chi connectivity index (χ2v) is 7.17. The van der Waals surface area contributed by atoms with Crippen LogP contribution in [-0.4, -0.2) is 40.4 Å². The maximum Gasteiger partial charge on any atom is 0.410 e. The Balaban J connectivity index is 2.74. The molecule has 0 radical (unpaired) electrons. The van der Waals surface area contributed by atoms with Gasteiger partial charge in [-0.3, -0.25) is 0 Å². The molecule has 1 amide bonds. The van der Waals surface area contributed by atoms with E-state index in [2.05, 4.69) is 13.8 Å². The Morgan fingerprint density at radius 3 is 2.18 bits per heavy atom. The Hall–Kier alpha value is -0.770. The maximum atomic E-state index is 12.0. The van der Waals surface area contributed by atoms with Crippen molar-refractivity contribution < 1.29 is 14.6 Å². The van der Waals surface area contributed by atoms with Gasteiger partial charge in [-0.15, -0.1) is 0 Å². The van der Waals surface area contributed by atoms with E-state index in [4.69, 9.17) is 4.74 Å². The second kappa shape index (κ2) is 4.16. The van der Waals surface area contributed by atoms with Crippen LogP contribution in [0.15, 0.2) is 0 Å².